The Bertz CT molecular complexity index is 778. The highest BCUT2D eigenvalue weighted by Gasteiger charge is 2.16. The number of hydrogen-bond acceptors (Lipinski definition) is 4. The Labute approximate surface area is 122 Å². The third-order valence-corrected chi connectivity index (χ3v) is 4.69. The van der Waals surface area contributed by atoms with Crippen molar-refractivity contribution < 1.29 is 13.3 Å². The lowest BCUT2D eigenvalue weighted by atomic mass is 10.2. The zero-order chi connectivity index (χ0) is 15.5. The van der Waals surface area contributed by atoms with Gasteiger partial charge in [-0.15, -0.1) is 0 Å². The monoisotopic (exact) mass is 303 g/mol. The van der Waals surface area contributed by atoms with Crippen LogP contribution in [0.25, 0.3) is 6.08 Å². The van der Waals surface area contributed by atoms with Crippen LogP contribution >= 0.6 is 0 Å². The number of hydrogen-bond donors (Lipinski definition) is 0. The van der Waals surface area contributed by atoms with Crippen molar-refractivity contribution in [3.63, 3.8) is 0 Å². The third-order valence-electron chi connectivity index (χ3n) is 2.91. The molecule has 0 aliphatic heterocycles. The van der Waals surface area contributed by atoms with E-state index in [1.54, 1.807) is 30.3 Å². The standard InChI is InChI=1S/C15H13NO4S/c1-12(16(17)18)11-13-7-9-15(10-8-13)21(19,20)14-5-3-2-4-6-14/h2-11H,1H3. The van der Waals surface area contributed by atoms with Crippen LogP contribution in [0.2, 0.25) is 0 Å². The molecule has 0 spiro atoms. The fourth-order valence-corrected chi connectivity index (χ4v) is 3.05. The molecule has 5 nitrogen and oxygen atoms in total. The molecule has 0 saturated carbocycles. The smallest absolute Gasteiger partial charge is 0.243 e. The van der Waals surface area contributed by atoms with Crippen molar-refractivity contribution in [3.8, 4) is 0 Å². The van der Waals surface area contributed by atoms with Gasteiger partial charge in [-0.1, -0.05) is 30.3 Å². The minimum Gasteiger partial charge on any atom is -0.259 e. The number of nitro groups is 1. The maximum atomic E-state index is 12.4. The average Bonchev–Trinajstić information content (AvgIpc) is 2.48. The van der Waals surface area contributed by atoms with Crippen LogP contribution in [0.1, 0.15) is 12.5 Å². The summed E-state index contributed by atoms with van der Waals surface area (Å²) in [7, 11) is -3.56. The predicted octanol–water partition coefficient (Wildman–Crippen LogP) is 3.16. The first-order chi connectivity index (χ1) is 9.91. The zero-order valence-electron chi connectivity index (χ0n) is 11.3. The molecule has 0 aliphatic rings. The lowest BCUT2D eigenvalue weighted by Crippen LogP contribution is -2.01. The summed E-state index contributed by atoms with van der Waals surface area (Å²) >= 11 is 0. The summed E-state index contributed by atoms with van der Waals surface area (Å²) in [6.45, 7) is 1.38. The fourth-order valence-electron chi connectivity index (χ4n) is 1.77. The van der Waals surface area contributed by atoms with Gasteiger partial charge in [0, 0.05) is 13.0 Å². The number of sulfone groups is 1. The molecule has 0 bridgehead atoms. The number of allylic oxidation sites excluding steroid dienone is 1. The molecule has 2 rings (SSSR count). The average molecular weight is 303 g/mol. The molecule has 6 heteroatoms. The van der Waals surface area contributed by atoms with E-state index in [4.69, 9.17) is 0 Å². The van der Waals surface area contributed by atoms with E-state index in [0.717, 1.165) is 0 Å². The van der Waals surface area contributed by atoms with Gasteiger partial charge >= 0.3 is 0 Å². The highest BCUT2D eigenvalue weighted by atomic mass is 32.2. The maximum Gasteiger partial charge on any atom is 0.243 e. The van der Waals surface area contributed by atoms with E-state index < -0.39 is 14.8 Å². The molecule has 0 aliphatic carbocycles. The molecular formula is C15H13NO4S. The van der Waals surface area contributed by atoms with Gasteiger partial charge in [-0.05, 0) is 29.8 Å². The summed E-state index contributed by atoms with van der Waals surface area (Å²) < 4.78 is 24.7. The normalized spacial score (nSPS) is 12.1. The highest BCUT2D eigenvalue weighted by molar-refractivity contribution is 7.91. The van der Waals surface area contributed by atoms with Crippen molar-refractivity contribution in [1.82, 2.24) is 0 Å². The SMILES string of the molecule is CC(=Cc1ccc(S(=O)(=O)c2ccccc2)cc1)[N+](=O)[O-]. The van der Waals surface area contributed by atoms with Crippen molar-refractivity contribution in [1.29, 1.82) is 0 Å². The third kappa shape index (κ3) is 3.35. The van der Waals surface area contributed by atoms with Gasteiger partial charge in [0.1, 0.15) is 0 Å². The zero-order valence-corrected chi connectivity index (χ0v) is 12.1. The number of benzene rings is 2. The van der Waals surface area contributed by atoms with Gasteiger partial charge in [-0.25, -0.2) is 8.42 Å². The van der Waals surface area contributed by atoms with Crippen molar-refractivity contribution in [2.75, 3.05) is 0 Å². The van der Waals surface area contributed by atoms with Crippen LogP contribution in [-0.4, -0.2) is 13.3 Å². The Hall–Kier alpha value is -2.47. The lowest BCUT2D eigenvalue weighted by molar-refractivity contribution is -0.422. The van der Waals surface area contributed by atoms with Gasteiger partial charge in [-0.3, -0.25) is 10.1 Å². The molecule has 2 aromatic rings. The summed E-state index contributed by atoms with van der Waals surface area (Å²) in [5, 5.41) is 10.6. The van der Waals surface area contributed by atoms with Crippen molar-refractivity contribution >= 4 is 15.9 Å². The second-order valence-electron chi connectivity index (χ2n) is 4.43. The molecule has 0 amide bonds. The summed E-state index contributed by atoms with van der Waals surface area (Å²) in [5.41, 5.74) is 0.574. The van der Waals surface area contributed by atoms with Crippen molar-refractivity contribution in [2.45, 2.75) is 16.7 Å². The topological polar surface area (TPSA) is 77.3 Å². The molecule has 0 saturated heterocycles. The maximum absolute atomic E-state index is 12.4. The van der Waals surface area contributed by atoms with E-state index in [-0.39, 0.29) is 15.5 Å². The Balaban J connectivity index is 2.36. The fraction of sp³-hybridized carbons (Fsp3) is 0.0667. The van der Waals surface area contributed by atoms with Crippen LogP contribution in [0.5, 0.6) is 0 Å². The molecule has 0 atom stereocenters. The molecule has 0 radical (unpaired) electrons. The van der Waals surface area contributed by atoms with E-state index in [2.05, 4.69) is 0 Å². The molecule has 0 heterocycles. The molecule has 0 N–H and O–H groups in total. The Morgan fingerprint density at radius 2 is 1.52 bits per heavy atom. The van der Waals surface area contributed by atoms with Crippen LogP contribution in [-0.2, 0) is 9.84 Å². The second-order valence-corrected chi connectivity index (χ2v) is 6.38. The highest BCUT2D eigenvalue weighted by Crippen LogP contribution is 2.21. The molecule has 108 valence electrons. The second kappa shape index (κ2) is 5.88. The first-order valence-electron chi connectivity index (χ1n) is 6.14. The van der Waals surface area contributed by atoms with E-state index in [0.29, 0.717) is 5.56 Å². The predicted molar refractivity (Wildman–Crippen MR) is 79.0 cm³/mol. The summed E-state index contributed by atoms with van der Waals surface area (Å²) in [6, 6.07) is 14.1. The Morgan fingerprint density at radius 3 is 2.05 bits per heavy atom. The quantitative estimate of drug-likeness (QED) is 0.642. The van der Waals surface area contributed by atoms with E-state index in [9.17, 15) is 18.5 Å². The summed E-state index contributed by atoms with van der Waals surface area (Å²) in [4.78, 5) is 10.4. The van der Waals surface area contributed by atoms with Gasteiger partial charge in [0.15, 0.2) is 0 Å². The van der Waals surface area contributed by atoms with Gasteiger partial charge in [0.05, 0.1) is 14.7 Å². The van der Waals surface area contributed by atoms with Crippen molar-refractivity contribution in [3.05, 3.63) is 76.0 Å². The molecule has 21 heavy (non-hydrogen) atoms. The van der Waals surface area contributed by atoms with Crippen LogP contribution < -0.4 is 0 Å². The minimum atomic E-state index is -3.56. The molecule has 0 fully saturated rings. The van der Waals surface area contributed by atoms with Crippen LogP contribution in [0.4, 0.5) is 0 Å². The first-order valence-corrected chi connectivity index (χ1v) is 7.62. The van der Waals surface area contributed by atoms with Gasteiger partial charge < -0.3 is 0 Å². The lowest BCUT2D eigenvalue weighted by Gasteiger charge is -2.04. The number of nitrogens with zero attached hydrogens (tertiary/aromatic N) is 1. The summed E-state index contributed by atoms with van der Waals surface area (Å²) in [6.07, 6.45) is 1.39. The van der Waals surface area contributed by atoms with Gasteiger partial charge in [-0.2, -0.15) is 0 Å². The Kier molecular flexibility index (Phi) is 4.18. The molecule has 0 unspecified atom stereocenters. The van der Waals surface area contributed by atoms with Crippen LogP contribution in [0.15, 0.2) is 70.1 Å². The minimum absolute atomic E-state index is 0.00586. The summed E-state index contributed by atoms with van der Waals surface area (Å²) in [5.74, 6) is 0. The van der Waals surface area contributed by atoms with E-state index in [1.165, 1.54) is 37.3 Å². The van der Waals surface area contributed by atoms with Crippen molar-refractivity contribution in [2.24, 2.45) is 0 Å². The molecule has 2 aromatic carbocycles. The Morgan fingerprint density at radius 1 is 1.00 bits per heavy atom. The van der Waals surface area contributed by atoms with Crippen LogP contribution in [0, 0.1) is 10.1 Å². The molecule has 0 aromatic heterocycles. The van der Waals surface area contributed by atoms with Gasteiger partial charge in [0.25, 0.3) is 0 Å². The largest absolute Gasteiger partial charge is 0.259 e. The van der Waals surface area contributed by atoms with E-state index >= 15 is 0 Å². The first kappa shape index (κ1) is 14.9. The van der Waals surface area contributed by atoms with Crippen LogP contribution in [0.3, 0.4) is 0 Å². The number of rotatable bonds is 4. The molecular weight excluding hydrogens is 290 g/mol. The van der Waals surface area contributed by atoms with Gasteiger partial charge in [0.2, 0.25) is 15.5 Å². The van der Waals surface area contributed by atoms with E-state index in [1.807, 2.05) is 0 Å².